The molecule has 0 spiro atoms. The molecule has 1 aromatic heterocycles. The average molecular weight is 314 g/mol. The van der Waals surface area contributed by atoms with E-state index in [1.165, 1.54) is 25.0 Å². The first kappa shape index (κ1) is 14.1. The van der Waals surface area contributed by atoms with Crippen LogP contribution >= 0.6 is 15.9 Å². The quantitative estimate of drug-likeness (QED) is 0.927. The summed E-state index contributed by atoms with van der Waals surface area (Å²) in [6.07, 6.45) is 4.90. The van der Waals surface area contributed by atoms with Crippen LogP contribution in [0.3, 0.4) is 0 Å². The van der Waals surface area contributed by atoms with Gasteiger partial charge in [-0.2, -0.15) is 5.10 Å². The zero-order valence-electron chi connectivity index (χ0n) is 11.6. The molecular formula is C14H24BrN3. The maximum atomic E-state index is 6.44. The van der Waals surface area contributed by atoms with Crippen molar-refractivity contribution in [2.75, 3.05) is 0 Å². The van der Waals surface area contributed by atoms with Gasteiger partial charge in [0.2, 0.25) is 0 Å². The molecule has 4 heteroatoms. The molecule has 1 heterocycles. The SMILES string of the molecule is CCn1nc(C)c(Br)c1CC(N)C1CCCC1C. The molecule has 1 aliphatic carbocycles. The van der Waals surface area contributed by atoms with Crippen molar-refractivity contribution in [1.29, 1.82) is 0 Å². The summed E-state index contributed by atoms with van der Waals surface area (Å²) >= 11 is 3.66. The Morgan fingerprint density at radius 1 is 1.50 bits per heavy atom. The van der Waals surface area contributed by atoms with E-state index in [0.717, 1.165) is 29.1 Å². The fourth-order valence-corrected chi connectivity index (χ4v) is 3.69. The molecule has 3 atom stereocenters. The standard InChI is InChI=1S/C14H24BrN3/c1-4-18-13(14(15)10(3)17-18)8-12(16)11-7-5-6-9(11)2/h9,11-12H,4-8,16H2,1-3H3. The van der Waals surface area contributed by atoms with E-state index in [2.05, 4.69) is 39.6 Å². The van der Waals surface area contributed by atoms with Crippen LogP contribution in [0.15, 0.2) is 4.47 Å². The molecule has 0 radical (unpaired) electrons. The van der Waals surface area contributed by atoms with Gasteiger partial charge in [0.25, 0.3) is 0 Å². The molecular weight excluding hydrogens is 290 g/mol. The first-order chi connectivity index (χ1) is 8.54. The van der Waals surface area contributed by atoms with Gasteiger partial charge >= 0.3 is 0 Å². The van der Waals surface area contributed by atoms with Crippen LogP contribution in [-0.2, 0) is 13.0 Å². The van der Waals surface area contributed by atoms with E-state index in [-0.39, 0.29) is 6.04 Å². The molecule has 0 saturated heterocycles. The summed E-state index contributed by atoms with van der Waals surface area (Å²) in [7, 11) is 0. The lowest BCUT2D eigenvalue weighted by Crippen LogP contribution is -2.34. The Hall–Kier alpha value is -0.350. The number of halogens is 1. The first-order valence-corrected chi connectivity index (χ1v) is 7.81. The van der Waals surface area contributed by atoms with E-state index >= 15 is 0 Å². The van der Waals surface area contributed by atoms with E-state index in [0.29, 0.717) is 5.92 Å². The lowest BCUT2D eigenvalue weighted by atomic mass is 9.88. The van der Waals surface area contributed by atoms with Gasteiger partial charge in [0, 0.05) is 19.0 Å². The number of hydrogen-bond donors (Lipinski definition) is 1. The van der Waals surface area contributed by atoms with E-state index < -0.39 is 0 Å². The molecule has 1 saturated carbocycles. The molecule has 0 amide bonds. The normalized spacial score (nSPS) is 25.6. The molecule has 0 aliphatic heterocycles. The molecule has 0 aromatic carbocycles. The third-order valence-corrected chi connectivity index (χ3v) is 5.39. The third kappa shape index (κ3) is 2.64. The van der Waals surface area contributed by atoms with Crippen LogP contribution in [0.5, 0.6) is 0 Å². The molecule has 0 bridgehead atoms. The van der Waals surface area contributed by atoms with Crippen molar-refractivity contribution in [3.63, 3.8) is 0 Å². The Bertz CT molecular complexity index is 413. The van der Waals surface area contributed by atoms with Gasteiger partial charge in [-0.3, -0.25) is 4.68 Å². The largest absolute Gasteiger partial charge is 0.327 e. The van der Waals surface area contributed by atoms with Crippen LogP contribution in [0.4, 0.5) is 0 Å². The summed E-state index contributed by atoms with van der Waals surface area (Å²) < 4.78 is 3.23. The zero-order chi connectivity index (χ0) is 13.3. The highest BCUT2D eigenvalue weighted by Gasteiger charge is 2.30. The topological polar surface area (TPSA) is 43.8 Å². The Balaban J connectivity index is 2.13. The number of nitrogens with two attached hydrogens (primary N) is 1. The van der Waals surface area contributed by atoms with E-state index in [1.54, 1.807) is 0 Å². The lowest BCUT2D eigenvalue weighted by molar-refractivity contribution is 0.338. The van der Waals surface area contributed by atoms with Gasteiger partial charge in [-0.25, -0.2) is 0 Å². The van der Waals surface area contributed by atoms with E-state index in [9.17, 15) is 0 Å². The van der Waals surface area contributed by atoms with Crippen molar-refractivity contribution in [2.24, 2.45) is 17.6 Å². The lowest BCUT2D eigenvalue weighted by Gasteiger charge is -2.23. The number of rotatable bonds is 4. The van der Waals surface area contributed by atoms with Crippen molar-refractivity contribution >= 4 is 15.9 Å². The molecule has 18 heavy (non-hydrogen) atoms. The van der Waals surface area contributed by atoms with Gasteiger partial charge in [0.15, 0.2) is 0 Å². The van der Waals surface area contributed by atoms with Crippen molar-refractivity contribution in [2.45, 2.75) is 59.0 Å². The second-order valence-corrected chi connectivity index (χ2v) is 6.39. The fourth-order valence-electron chi connectivity index (χ4n) is 3.25. The Morgan fingerprint density at radius 2 is 2.22 bits per heavy atom. The second-order valence-electron chi connectivity index (χ2n) is 5.60. The molecule has 2 N–H and O–H groups in total. The highest BCUT2D eigenvalue weighted by Crippen LogP contribution is 2.34. The number of nitrogens with zero attached hydrogens (tertiary/aromatic N) is 2. The fraction of sp³-hybridized carbons (Fsp3) is 0.786. The maximum absolute atomic E-state index is 6.44. The first-order valence-electron chi connectivity index (χ1n) is 7.02. The van der Waals surface area contributed by atoms with Gasteiger partial charge < -0.3 is 5.73 Å². The highest BCUT2D eigenvalue weighted by atomic mass is 79.9. The van der Waals surface area contributed by atoms with E-state index in [1.807, 2.05) is 6.92 Å². The van der Waals surface area contributed by atoms with Crippen molar-refractivity contribution in [1.82, 2.24) is 9.78 Å². The van der Waals surface area contributed by atoms with Crippen LogP contribution in [-0.4, -0.2) is 15.8 Å². The van der Waals surface area contributed by atoms with Gasteiger partial charge in [-0.1, -0.05) is 19.8 Å². The minimum atomic E-state index is 0.264. The van der Waals surface area contributed by atoms with Crippen molar-refractivity contribution in [3.8, 4) is 0 Å². The second kappa shape index (κ2) is 5.74. The summed E-state index contributed by atoms with van der Waals surface area (Å²) in [6, 6.07) is 0.264. The number of aromatic nitrogens is 2. The molecule has 3 nitrogen and oxygen atoms in total. The van der Waals surface area contributed by atoms with Gasteiger partial charge in [0.05, 0.1) is 15.9 Å². The van der Waals surface area contributed by atoms with E-state index in [4.69, 9.17) is 5.73 Å². The summed E-state index contributed by atoms with van der Waals surface area (Å²) in [5.41, 5.74) is 8.77. The van der Waals surface area contributed by atoms with Crippen LogP contribution < -0.4 is 5.73 Å². The summed E-state index contributed by atoms with van der Waals surface area (Å²) in [5, 5.41) is 4.54. The molecule has 2 rings (SSSR count). The third-order valence-electron chi connectivity index (χ3n) is 4.36. The van der Waals surface area contributed by atoms with Crippen LogP contribution in [0, 0.1) is 18.8 Å². The number of aryl methyl sites for hydroxylation is 2. The molecule has 102 valence electrons. The average Bonchev–Trinajstić information content (AvgIpc) is 2.87. The number of hydrogen-bond acceptors (Lipinski definition) is 2. The Labute approximate surface area is 118 Å². The predicted molar refractivity (Wildman–Crippen MR) is 78.5 cm³/mol. The van der Waals surface area contributed by atoms with Gasteiger partial charge in [0.1, 0.15) is 0 Å². The van der Waals surface area contributed by atoms with Gasteiger partial charge in [-0.15, -0.1) is 0 Å². The van der Waals surface area contributed by atoms with Crippen LogP contribution in [0.25, 0.3) is 0 Å². The van der Waals surface area contributed by atoms with Gasteiger partial charge in [-0.05, 0) is 48.0 Å². The zero-order valence-corrected chi connectivity index (χ0v) is 13.2. The Kier molecular flexibility index (Phi) is 4.49. The highest BCUT2D eigenvalue weighted by molar-refractivity contribution is 9.10. The molecule has 3 unspecified atom stereocenters. The molecule has 1 fully saturated rings. The van der Waals surface area contributed by atoms with Crippen molar-refractivity contribution in [3.05, 3.63) is 15.9 Å². The monoisotopic (exact) mass is 313 g/mol. The summed E-state index contributed by atoms with van der Waals surface area (Å²) in [4.78, 5) is 0. The van der Waals surface area contributed by atoms with Crippen LogP contribution in [0.1, 0.15) is 44.5 Å². The van der Waals surface area contributed by atoms with Crippen molar-refractivity contribution < 1.29 is 0 Å². The summed E-state index contributed by atoms with van der Waals surface area (Å²) in [6.45, 7) is 7.43. The predicted octanol–water partition coefficient (Wildman–Crippen LogP) is 3.28. The smallest absolute Gasteiger partial charge is 0.0738 e. The summed E-state index contributed by atoms with van der Waals surface area (Å²) in [5.74, 6) is 1.45. The molecule has 1 aromatic rings. The van der Waals surface area contributed by atoms with Crippen LogP contribution in [0.2, 0.25) is 0 Å². The Morgan fingerprint density at radius 3 is 2.78 bits per heavy atom. The maximum Gasteiger partial charge on any atom is 0.0738 e. The minimum absolute atomic E-state index is 0.264. The minimum Gasteiger partial charge on any atom is -0.327 e. The molecule has 1 aliphatic rings.